The molecule has 136 valence electrons. The Labute approximate surface area is 136 Å². The Kier molecular flexibility index (Phi) is 6.66. The van der Waals surface area contributed by atoms with Gasteiger partial charge in [0, 0.05) is 6.42 Å². The van der Waals surface area contributed by atoms with Crippen LogP contribution in [-0.2, 0) is 14.3 Å². The van der Waals surface area contributed by atoms with Crippen LogP contribution in [0.5, 0.6) is 0 Å². The van der Waals surface area contributed by atoms with Crippen molar-refractivity contribution in [3.63, 3.8) is 0 Å². The van der Waals surface area contributed by atoms with Gasteiger partial charge < -0.3 is 40.7 Å². The SMILES string of the molecule is COC1=C(NCC(=O)O)C[C@@](O)(CO)[C@@H](O)C1=N[C@@H](CO)C(=O)O. The van der Waals surface area contributed by atoms with Crippen molar-refractivity contribution in [1.82, 2.24) is 5.32 Å². The zero-order valence-electron chi connectivity index (χ0n) is 12.8. The molecule has 0 aromatic rings. The number of ether oxygens (including phenoxy) is 1. The first-order valence-corrected chi connectivity index (χ1v) is 6.86. The van der Waals surface area contributed by atoms with E-state index in [1.807, 2.05) is 0 Å². The lowest BCUT2D eigenvalue weighted by Crippen LogP contribution is -2.55. The van der Waals surface area contributed by atoms with Gasteiger partial charge in [0.2, 0.25) is 0 Å². The number of aliphatic carboxylic acids is 2. The molecule has 11 heteroatoms. The van der Waals surface area contributed by atoms with Gasteiger partial charge in [-0.3, -0.25) is 9.79 Å². The molecule has 0 spiro atoms. The van der Waals surface area contributed by atoms with Crippen LogP contribution in [0.2, 0.25) is 0 Å². The maximum atomic E-state index is 11.0. The number of carboxylic acids is 2. The van der Waals surface area contributed by atoms with Gasteiger partial charge in [0.15, 0.2) is 11.8 Å². The molecule has 0 aromatic carbocycles. The smallest absolute Gasteiger partial charge is 0.330 e. The van der Waals surface area contributed by atoms with Crippen molar-refractivity contribution in [2.24, 2.45) is 4.99 Å². The Bertz CT molecular complexity index is 560. The fraction of sp³-hybridized carbons (Fsp3) is 0.615. The van der Waals surface area contributed by atoms with Crippen molar-refractivity contribution in [3.8, 4) is 0 Å². The van der Waals surface area contributed by atoms with Crippen LogP contribution in [-0.4, -0.2) is 92.9 Å². The van der Waals surface area contributed by atoms with Crippen LogP contribution in [0.25, 0.3) is 0 Å². The predicted molar refractivity (Wildman–Crippen MR) is 78.3 cm³/mol. The molecule has 0 aromatic heterocycles. The normalized spacial score (nSPS) is 27.0. The van der Waals surface area contributed by atoms with Crippen molar-refractivity contribution in [1.29, 1.82) is 0 Å². The Morgan fingerprint density at radius 3 is 2.46 bits per heavy atom. The number of carbonyl (C=O) groups is 2. The summed E-state index contributed by atoms with van der Waals surface area (Å²) in [5.74, 6) is -2.86. The van der Waals surface area contributed by atoms with Gasteiger partial charge in [0.1, 0.15) is 24.0 Å². The summed E-state index contributed by atoms with van der Waals surface area (Å²) in [5, 5.41) is 59.2. The van der Waals surface area contributed by atoms with Crippen molar-refractivity contribution in [2.75, 3.05) is 26.9 Å². The van der Waals surface area contributed by atoms with Crippen LogP contribution in [0.3, 0.4) is 0 Å². The first-order chi connectivity index (χ1) is 11.2. The van der Waals surface area contributed by atoms with E-state index in [0.717, 1.165) is 0 Å². The molecule has 0 aliphatic heterocycles. The van der Waals surface area contributed by atoms with E-state index in [1.54, 1.807) is 0 Å². The minimum Gasteiger partial charge on any atom is -0.493 e. The van der Waals surface area contributed by atoms with E-state index in [1.165, 1.54) is 7.11 Å². The van der Waals surface area contributed by atoms with Gasteiger partial charge in [-0.2, -0.15) is 0 Å². The van der Waals surface area contributed by atoms with E-state index >= 15 is 0 Å². The molecule has 0 radical (unpaired) electrons. The summed E-state index contributed by atoms with van der Waals surface area (Å²) < 4.78 is 5.05. The lowest BCUT2D eigenvalue weighted by Gasteiger charge is -2.38. The first-order valence-electron chi connectivity index (χ1n) is 6.86. The Hall–Kier alpha value is -2.21. The summed E-state index contributed by atoms with van der Waals surface area (Å²) in [6, 6.07) is -1.64. The number of hydrogen-bond acceptors (Lipinski definition) is 9. The van der Waals surface area contributed by atoms with Crippen LogP contribution in [0, 0.1) is 0 Å². The molecule has 0 bridgehead atoms. The molecule has 11 nitrogen and oxygen atoms in total. The van der Waals surface area contributed by atoms with Crippen LogP contribution in [0.1, 0.15) is 6.42 Å². The fourth-order valence-corrected chi connectivity index (χ4v) is 2.18. The molecule has 24 heavy (non-hydrogen) atoms. The molecule has 0 saturated heterocycles. The van der Waals surface area contributed by atoms with Gasteiger partial charge in [0.25, 0.3) is 0 Å². The average Bonchev–Trinajstić information content (AvgIpc) is 2.53. The number of rotatable bonds is 8. The van der Waals surface area contributed by atoms with E-state index in [9.17, 15) is 24.9 Å². The molecule has 0 amide bonds. The van der Waals surface area contributed by atoms with Crippen molar-refractivity contribution >= 4 is 17.7 Å². The minimum atomic E-state index is -2.12. The summed E-state index contributed by atoms with van der Waals surface area (Å²) in [6.45, 7) is -2.33. The van der Waals surface area contributed by atoms with Crippen LogP contribution in [0.15, 0.2) is 16.4 Å². The third kappa shape index (κ3) is 4.20. The van der Waals surface area contributed by atoms with Gasteiger partial charge in [0.05, 0.1) is 26.0 Å². The van der Waals surface area contributed by atoms with Gasteiger partial charge in [-0.1, -0.05) is 0 Å². The van der Waals surface area contributed by atoms with Crippen molar-refractivity contribution in [2.45, 2.75) is 24.2 Å². The third-order valence-electron chi connectivity index (χ3n) is 3.44. The predicted octanol–water partition coefficient (Wildman–Crippen LogP) is -3.11. The Morgan fingerprint density at radius 2 is 2.04 bits per heavy atom. The maximum absolute atomic E-state index is 11.0. The number of nitrogens with one attached hydrogen (secondary N) is 1. The number of aliphatic hydroxyl groups is 4. The molecule has 1 rings (SSSR count). The van der Waals surface area contributed by atoms with Crippen molar-refractivity contribution in [3.05, 3.63) is 11.5 Å². The number of nitrogens with zero attached hydrogens (tertiary/aromatic N) is 1. The molecule has 0 fully saturated rings. The van der Waals surface area contributed by atoms with Crippen LogP contribution in [0.4, 0.5) is 0 Å². The number of methoxy groups -OCH3 is 1. The number of carboxylic acid groups (broad SMARTS) is 2. The quantitative estimate of drug-likeness (QED) is 0.236. The summed E-state index contributed by atoms with van der Waals surface area (Å²) in [6.07, 6.45) is -2.18. The molecular weight excluding hydrogens is 328 g/mol. The highest BCUT2D eigenvalue weighted by molar-refractivity contribution is 6.05. The van der Waals surface area contributed by atoms with Crippen LogP contribution >= 0.6 is 0 Å². The summed E-state index contributed by atoms with van der Waals surface area (Å²) in [7, 11) is 1.18. The summed E-state index contributed by atoms with van der Waals surface area (Å²) in [4.78, 5) is 25.4. The minimum absolute atomic E-state index is 0.0163. The molecule has 7 N–H and O–H groups in total. The number of aliphatic hydroxyl groups excluding tert-OH is 3. The number of aliphatic imine (C=N–C) groups is 1. The van der Waals surface area contributed by atoms with E-state index in [0.29, 0.717) is 0 Å². The second-order valence-electron chi connectivity index (χ2n) is 5.15. The second-order valence-corrected chi connectivity index (χ2v) is 5.15. The van der Waals surface area contributed by atoms with E-state index < -0.39 is 55.2 Å². The zero-order valence-corrected chi connectivity index (χ0v) is 12.8. The number of hydrogen-bond donors (Lipinski definition) is 7. The van der Waals surface area contributed by atoms with Gasteiger partial charge in [-0.25, -0.2) is 4.79 Å². The van der Waals surface area contributed by atoms with Crippen molar-refractivity contribution < 1.29 is 45.0 Å². The van der Waals surface area contributed by atoms with Gasteiger partial charge in [-0.15, -0.1) is 0 Å². The molecule has 0 saturated carbocycles. The molecule has 0 heterocycles. The second kappa shape index (κ2) is 8.06. The Morgan fingerprint density at radius 1 is 1.42 bits per heavy atom. The highest BCUT2D eigenvalue weighted by atomic mass is 16.5. The fourth-order valence-electron chi connectivity index (χ4n) is 2.18. The largest absolute Gasteiger partial charge is 0.493 e. The zero-order chi connectivity index (χ0) is 18.5. The molecule has 0 unspecified atom stereocenters. The summed E-state index contributed by atoms with van der Waals surface area (Å²) in [5.41, 5.74) is -2.53. The van der Waals surface area contributed by atoms with Gasteiger partial charge >= 0.3 is 11.9 Å². The molecule has 3 atom stereocenters. The highest BCUT2D eigenvalue weighted by Gasteiger charge is 2.46. The Balaban J connectivity index is 3.41. The first kappa shape index (κ1) is 19.8. The molecular formula is C13H20N2O9. The molecule has 1 aliphatic carbocycles. The van der Waals surface area contributed by atoms with E-state index in [-0.39, 0.29) is 17.9 Å². The lowest BCUT2D eigenvalue weighted by molar-refractivity contribution is -0.139. The standard InChI is InChI=1S/C13H20N2O9/c1-24-10-6(14-3-8(18)19)2-13(23,5-17)11(20)9(10)15-7(4-16)12(21)22/h7,11,14,16-17,20,23H,2-5H2,1H3,(H,18,19)(H,21,22)/t7-,11-,13+/m0/s1. The topological polar surface area (TPSA) is 189 Å². The molecule has 1 aliphatic rings. The maximum Gasteiger partial charge on any atom is 0.330 e. The van der Waals surface area contributed by atoms with Crippen LogP contribution < -0.4 is 5.32 Å². The monoisotopic (exact) mass is 348 g/mol. The lowest BCUT2D eigenvalue weighted by atomic mass is 9.82. The van der Waals surface area contributed by atoms with E-state index in [2.05, 4.69) is 10.3 Å². The highest BCUT2D eigenvalue weighted by Crippen LogP contribution is 2.31. The van der Waals surface area contributed by atoms with Gasteiger partial charge in [-0.05, 0) is 0 Å². The van der Waals surface area contributed by atoms with E-state index in [4.69, 9.17) is 20.1 Å². The average molecular weight is 348 g/mol. The third-order valence-corrected chi connectivity index (χ3v) is 3.44. The summed E-state index contributed by atoms with van der Waals surface area (Å²) >= 11 is 0.